The molecule has 2 saturated heterocycles. The number of rotatable bonds is 16. The highest BCUT2D eigenvalue weighted by Crippen LogP contribution is 2.52. The summed E-state index contributed by atoms with van der Waals surface area (Å²) in [6.07, 6.45) is 3.48. The fraction of sp³-hybridized carbons (Fsp3) is 0.660. The van der Waals surface area contributed by atoms with E-state index in [4.69, 9.17) is 39.9 Å². The Hall–Kier alpha value is -4.87. The third-order valence-corrected chi connectivity index (χ3v) is 14.1. The van der Waals surface area contributed by atoms with Gasteiger partial charge in [0.15, 0.2) is 0 Å². The Kier molecular flexibility index (Phi) is 13.0. The Labute approximate surface area is 385 Å². The van der Waals surface area contributed by atoms with E-state index in [1.54, 1.807) is 12.1 Å². The SMILES string of the molecule is CC[C@@H]1C[C@]1(NC(=O)[C@@H]1C[C@@H](Oc2cc(-c3coc(NC(C)C)n3)nc3c(Cl)c(OCCN4CCOCC4(C)C)ccc23)CN1C(=O)C(NC(=O)OC1C[C@@H]2C[C@@H]2C1)C(C)(C)C)C(=O)O. The van der Waals surface area contributed by atoms with Gasteiger partial charge in [0.1, 0.15) is 64.9 Å². The molecule has 3 saturated carbocycles. The lowest BCUT2D eigenvalue weighted by atomic mass is 9.85. The molecule has 2 aromatic heterocycles. The zero-order valence-electron chi connectivity index (χ0n) is 38.7. The third kappa shape index (κ3) is 9.97. The number of likely N-dealkylation sites (tertiary alicyclic amines) is 1. The predicted octanol–water partition coefficient (Wildman–Crippen LogP) is 6.51. The van der Waals surface area contributed by atoms with Crippen LogP contribution in [0.2, 0.25) is 5.02 Å². The number of morpholine rings is 1. The number of nitrogens with one attached hydrogen (secondary N) is 3. The second-order valence-corrected chi connectivity index (χ2v) is 20.9. The number of nitrogens with zero attached hydrogens (tertiary/aromatic N) is 4. The van der Waals surface area contributed by atoms with Gasteiger partial charge in [0, 0.05) is 42.5 Å². The Morgan fingerprint density at radius 3 is 2.45 bits per heavy atom. The molecule has 2 aliphatic heterocycles. The number of hydrogen-bond acceptors (Lipinski definition) is 13. The van der Waals surface area contributed by atoms with Crippen molar-refractivity contribution in [3.8, 4) is 22.9 Å². The number of hydrogen-bond donors (Lipinski definition) is 4. The zero-order chi connectivity index (χ0) is 46.6. The van der Waals surface area contributed by atoms with Gasteiger partial charge in [-0.1, -0.05) is 45.7 Å². The lowest BCUT2D eigenvalue weighted by Gasteiger charge is -2.41. The van der Waals surface area contributed by atoms with Crippen molar-refractivity contribution in [2.24, 2.45) is 23.2 Å². The van der Waals surface area contributed by atoms with Crippen LogP contribution in [0.5, 0.6) is 11.5 Å². The second-order valence-electron chi connectivity index (χ2n) is 20.6. The van der Waals surface area contributed by atoms with Crippen molar-refractivity contribution in [2.45, 2.75) is 135 Å². The second kappa shape index (κ2) is 18.1. The van der Waals surface area contributed by atoms with Crippen LogP contribution in [0.4, 0.5) is 10.8 Å². The molecule has 3 amide bonds. The van der Waals surface area contributed by atoms with Crippen LogP contribution >= 0.6 is 11.6 Å². The average Bonchev–Trinajstić information content (AvgIpc) is 3.91. The van der Waals surface area contributed by atoms with Crippen molar-refractivity contribution in [1.82, 2.24) is 30.4 Å². The number of pyridine rings is 1. The van der Waals surface area contributed by atoms with Gasteiger partial charge in [-0.15, -0.1) is 0 Å². The summed E-state index contributed by atoms with van der Waals surface area (Å²) >= 11 is 7.14. The molecule has 5 fully saturated rings. The molecule has 0 spiro atoms. The lowest BCUT2D eigenvalue weighted by molar-refractivity contribution is -0.146. The van der Waals surface area contributed by atoms with E-state index in [-0.39, 0.29) is 48.0 Å². The van der Waals surface area contributed by atoms with Gasteiger partial charge in [-0.2, -0.15) is 4.98 Å². The molecule has 8 atom stereocenters. The number of fused-ring (bicyclic) bond motifs is 2. The van der Waals surface area contributed by atoms with Gasteiger partial charge in [0.25, 0.3) is 6.01 Å². The van der Waals surface area contributed by atoms with Crippen molar-refractivity contribution < 1.29 is 47.6 Å². The first kappa shape index (κ1) is 46.7. The van der Waals surface area contributed by atoms with Crippen molar-refractivity contribution in [2.75, 3.05) is 44.8 Å². The van der Waals surface area contributed by atoms with E-state index >= 15 is 0 Å². The summed E-state index contributed by atoms with van der Waals surface area (Å²) in [6, 6.07) is 3.44. The molecule has 18 heteroatoms. The summed E-state index contributed by atoms with van der Waals surface area (Å²) in [6.45, 7) is 18.6. The summed E-state index contributed by atoms with van der Waals surface area (Å²) in [5.41, 5.74) is -1.20. The topological polar surface area (TPSA) is 207 Å². The van der Waals surface area contributed by atoms with Gasteiger partial charge in [0.2, 0.25) is 11.8 Å². The average molecular weight is 923 g/mol. The first-order chi connectivity index (χ1) is 30.8. The molecule has 3 aliphatic carbocycles. The molecule has 0 radical (unpaired) electrons. The monoisotopic (exact) mass is 921 g/mol. The highest BCUT2D eigenvalue weighted by Gasteiger charge is 2.61. The number of aliphatic carboxylic acids is 1. The number of carboxylic acids is 1. The van der Waals surface area contributed by atoms with Gasteiger partial charge >= 0.3 is 12.1 Å². The van der Waals surface area contributed by atoms with Gasteiger partial charge in [-0.05, 0) is 88.7 Å². The maximum absolute atomic E-state index is 14.8. The molecule has 4 N–H and O–H groups in total. The number of aromatic nitrogens is 2. The quantitative estimate of drug-likeness (QED) is 0.121. The Balaban J connectivity index is 1.09. The maximum Gasteiger partial charge on any atom is 0.408 e. The molecule has 2 unspecified atom stereocenters. The summed E-state index contributed by atoms with van der Waals surface area (Å²) in [5.74, 6) is -0.524. The molecular weight excluding hydrogens is 858 g/mol. The van der Waals surface area contributed by atoms with E-state index < -0.39 is 53.0 Å². The first-order valence-corrected chi connectivity index (χ1v) is 23.4. The van der Waals surface area contributed by atoms with Gasteiger partial charge in [-0.25, -0.2) is 14.6 Å². The number of amides is 3. The molecule has 3 aromatic rings. The standard InChI is InChI=1S/C47H64ClN7O10/c1-9-28-21-47(28,42(58)59)53-40(56)34-19-30(22-55(34)41(57)39(45(4,5)6)52-44(60)65-29-17-26-16-27(26)18-29)64-36-20-32(33-23-63-43(51-33)49-25(2)3)50-38-31(36)10-11-35(37(38)48)62-15-13-54-12-14-61-24-46(54,7)8/h10-11,20,23,25-30,34,39H,9,12-19,21-22,24H2,1-8H3,(H,49,51)(H,52,60)(H,53,56)(H,58,59)/t26-,27+,28-,29?,30-,34+,39?,47-/m1/s1. The van der Waals surface area contributed by atoms with Crippen LogP contribution in [-0.2, 0) is 23.9 Å². The number of oxazole rings is 1. The summed E-state index contributed by atoms with van der Waals surface area (Å²) < 4.78 is 30.3. The highest BCUT2D eigenvalue weighted by atomic mass is 35.5. The van der Waals surface area contributed by atoms with E-state index in [0.29, 0.717) is 84.4 Å². The predicted molar refractivity (Wildman–Crippen MR) is 242 cm³/mol. The van der Waals surface area contributed by atoms with Crippen LogP contribution in [0, 0.1) is 23.2 Å². The third-order valence-electron chi connectivity index (χ3n) is 13.8. The minimum atomic E-state index is -1.43. The highest BCUT2D eigenvalue weighted by molar-refractivity contribution is 6.36. The van der Waals surface area contributed by atoms with Gasteiger partial charge in [0.05, 0.1) is 31.0 Å². The lowest BCUT2D eigenvalue weighted by Crippen LogP contribution is -2.59. The fourth-order valence-corrected chi connectivity index (χ4v) is 10.1. The Morgan fingerprint density at radius 1 is 1.03 bits per heavy atom. The molecule has 0 bridgehead atoms. The summed E-state index contributed by atoms with van der Waals surface area (Å²) in [4.78, 5) is 68.4. The van der Waals surface area contributed by atoms with E-state index in [9.17, 15) is 24.3 Å². The number of carbonyl (C=O) groups is 4. The molecule has 1 aromatic carbocycles. The Morgan fingerprint density at radius 2 is 1.78 bits per heavy atom. The minimum absolute atomic E-state index is 0.0224. The fourth-order valence-electron chi connectivity index (χ4n) is 9.85. The van der Waals surface area contributed by atoms with E-state index in [2.05, 4.69) is 39.7 Å². The molecule has 354 valence electrons. The molecule has 65 heavy (non-hydrogen) atoms. The van der Waals surface area contributed by atoms with E-state index in [1.165, 1.54) is 17.6 Å². The number of halogens is 1. The largest absolute Gasteiger partial charge is 0.491 e. The summed E-state index contributed by atoms with van der Waals surface area (Å²) in [5, 5.41) is 19.9. The van der Waals surface area contributed by atoms with Crippen LogP contribution in [0.25, 0.3) is 22.3 Å². The van der Waals surface area contributed by atoms with Crippen molar-refractivity contribution >= 4 is 52.4 Å². The van der Waals surface area contributed by atoms with Crippen molar-refractivity contribution in [3.63, 3.8) is 0 Å². The van der Waals surface area contributed by atoms with Gasteiger partial charge < -0.3 is 49.3 Å². The zero-order valence-corrected chi connectivity index (χ0v) is 39.5. The van der Waals surface area contributed by atoms with Crippen LogP contribution < -0.4 is 25.4 Å². The smallest absolute Gasteiger partial charge is 0.408 e. The molecule has 17 nitrogen and oxygen atoms in total. The molecule has 5 aliphatic rings. The number of carbonyl (C=O) groups excluding carboxylic acids is 3. The van der Waals surface area contributed by atoms with Crippen LogP contribution in [0.1, 0.15) is 93.9 Å². The van der Waals surface area contributed by atoms with Crippen LogP contribution in [-0.4, -0.2) is 130 Å². The van der Waals surface area contributed by atoms with Crippen LogP contribution in [0.15, 0.2) is 28.9 Å². The van der Waals surface area contributed by atoms with Crippen LogP contribution in [0.3, 0.4) is 0 Å². The first-order valence-electron chi connectivity index (χ1n) is 23.1. The van der Waals surface area contributed by atoms with Gasteiger partial charge in [-0.3, -0.25) is 14.5 Å². The number of carboxylic acid groups (broad SMARTS) is 1. The van der Waals surface area contributed by atoms with E-state index in [0.717, 1.165) is 19.4 Å². The summed E-state index contributed by atoms with van der Waals surface area (Å²) in [7, 11) is 0. The molecular formula is C47H64ClN7O10. The number of alkyl carbamates (subject to hydrolysis) is 1. The Bertz CT molecular complexity index is 2290. The number of benzene rings is 1. The van der Waals surface area contributed by atoms with Crippen molar-refractivity contribution in [3.05, 3.63) is 29.5 Å². The number of ether oxygens (including phenoxy) is 4. The minimum Gasteiger partial charge on any atom is -0.491 e. The van der Waals surface area contributed by atoms with E-state index in [1.807, 2.05) is 47.6 Å². The maximum atomic E-state index is 14.8. The van der Waals surface area contributed by atoms with Crippen molar-refractivity contribution in [1.29, 1.82) is 0 Å². The normalized spacial score (nSPS) is 27.5. The number of anilines is 1. The molecule has 4 heterocycles. The molecule has 8 rings (SSSR count).